The number of likely N-dealkylation sites (tertiary alicyclic amines) is 1. The van der Waals surface area contributed by atoms with E-state index in [1.165, 1.54) is 4.90 Å². The largest absolute Gasteiger partial charge is 0.465 e. The highest BCUT2D eigenvalue weighted by molar-refractivity contribution is 6.31. The number of aliphatic hydroxyl groups excluding tert-OH is 5. The Labute approximate surface area is 333 Å². The van der Waals surface area contributed by atoms with E-state index in [1.54, 1.807) is 4.90 Å². The van der Waals surface area contributed by atoms with Gasteiger partial charge in [-0.3, -0.25) is 9.59 Å². The summed E-state index contributed by atoms with van der Waals surface area (Å²) in [5, 5.41) is 62.8. The molecule has 0 bridgehead atoms. The average Bonchev–Trinajstić information content (AvgIpc) is 3.18. The number of aliphatic hydroxyl groups is 5. The van der Waals surface area contributed by atoms with E-state index in [-0.39, 0.29) is 72.8 Å². The van der Waals surface area contributed by atoms with Crippen LogP contribution >= 0.6 is 11.6 Å². The van der Waals surface area contributed by atoms with Crippen LogP contribution in [0.1, 0.15) is 73.5 Å². The molecule has 1 saturated heterocycles. The van der Waals surface area contributed by atoms with Crippen molar-refractivity contribution in [1.82, 2.24) is 30.0 Å². The summed E-state index contributed by atoms with van der Waals surface area (Å²) in [6.07, 6.45) is -1.83. The number of aryl methyl sites for hydroxylation is 1. The van der Waals surface area contributed by atoms with E-state index in [4.69, 9.17) is 28.2 Å². The molecule has 314 valence electrons. The SMILES string of the molecule is CCCCCCN(CCC(=O)N1CCC(CN(C[C@H](CNC(=O)c2nc(Cl)c(N)nc2N)Cc2ccccc2C)C(=O)O)CC1)C[C@H](O)[C@@H](O)[C@H](O)[C@H](O)CO. The summed E-state index contributed by atoms with van der Waals surface area (Å²) < 4.78 is 0. The van der Waals surface area contributed by atoms with E-state index in [1.807, 2.05) is 36.1 Å². The number of hydrogen-bond donors (Lipinski definition) is 9. The Bertz CT molecular complexity index is 1550. The Morgan fingerprint density at radius 2 is 1.64 bits per heavy atom. The molecule has 1 aromatic carbocycles. The van der Waals surface area contributed by atoms with Crippen molar-refractivity contribution in [2.45, 2.75) is 89.6 Å². The van der Waals surface area contributed by atoms with Gasteiger partial charge in [0.15, 0.2) is 22.5 Å². The molecule has 5 atom stereocenters. The standard InChI is InChI=1S/C38H61ClN8O9/c1-3-4-5-8-14-45(22-28(49)32(52)33(53)29(50)23-48)15-13-30(51)46-16-11-25(12-17-46)20-47(38(55)56)21-26(18-27-10-7-6-9-24(27)2)19-42-37(54)31-35(40)44-36(41)34(39)43-31/h6-7,9-10,25-26,28-29,32-33,48-50,52-53H,3-5,8,11-23H2,1-2H3,(H,42,54)(H,55,56)(H4,40,41,44)/t26-,28-,29+,32+,33+/m0/s1. The molecule has 2 heterocycles. The number of nitrogens with two attached hydrogens (primary N) is 2. The fraction of sp³-hybridized carbons (Fsp3) is 0.658. The van der Waals surface area contributed by atoms with Gasteiger partial charge in [-0.2, -0.15) is 0 Å². The van der Waals surface area contributed by atoms with Crippen LogP contribution < -0.4 is 16.8 Å². The summed E-state index contributed by atoms with van der Waals surface area (Å²) in [6, 6.07) is 7.77. The van der Waals surface area contributed by atoms with Gasteiger partial charge in [0.25, 0.3) is 5.91 Å². The molecule has 11 N–H and O–H groups in total. The number of carbonyl (C=O) groups excluding carboxylic acids is 2. The summed E-state index contributed by atoms with van der Waals surface area (Å²) in [5.74, 6) is -1.29. The number of nitrogens with one attached hydrogen (secondary N) is 1. The van der Waals surface area contributed by atoms with E-state index in [9.17, 15) is 39.9 Å². The smallest absolute Gasteiger partial charge is 0.407 e. The average molecular weight is 809 g/mol. The molecule has 1 aliphatic rings. The van der Waals surface area contributed by atoms with Crippen LogP contribution in [-0.4, -0.2) is 157 Å². The van der Waals surface area contributed by atoms with Crippen molar-refractivity contribution < 1.29 is 45.0 Å². The number of unbranched alkanes of at least 4 members (excludes halogenated alkanes) is 3. The fourth-order valence-corrected chi connectivity index (χ4v) is 7.03. The number of carbonyl (C=O) groups is 3. The van der Waals surface area contributed by atoms with Gasteiger partial charge in [-0.1, -0.05) is 62.1 Å². The van der Waals surface area contributed by atoms with Crippen LogP contribution in [0.15, 0.2) is 24.3 Å². The van der Waals surface area contributed by atoms with Gasteiger partial charge in [-0.15, -0.1) is 0 Å². The second-order valence-electron chi connectivity index (χ2n) is 14.8. The van der Waals surface area contributed by atoms with Gasteiger partial charge in [0.1, 0.15) is 18.3 Å². The summed E-state index contributed by atoms with van der Waals surface area (Å²) in [7, 11) is 0. The van der Waals surface area contributed by atoms with Crippen molar-refractivity contribution in [3.63, 3.8) is 0 Å². The number of carboxylic acid groups (broad SMARTS) is 1. The number of amides is 3. The molecular weight excluding hydrogens is 748 g/mol. The molecule has 1 fully saturated rings. The number of benzene rings is 1. The van der Waals surface area contributed by atoms with Gasteiger partial charge in [0.2, 0.25) is 5.91 Å². The minimum absolute atomic E-state index is 0.00300. The molecule has 17 nitrogen and oxygen atoms in total. The highest BCUT2D eigenvalue weighted by atomic mass is 35.5. The third-order valence-electron chi connectivity index (χ3n) is 10.4. The Kier molecular flexibility index (Phi) is 19.5. The number of nitrogen functional groups attached to an aromatic ring is 2. The molecule has 1 aromatic heterocycles. The van der Waals surface area contributed by atoms with Gasteiger partial charge in [-0.25, -0.2) is 14.8 Å². The lowest BCUT2D eigenvalue weighted by atomic mass is 9.93. The molecule has 1 aliphatic heterocycles. The zero-order valence-electron chi connectivity index (χ0n) is 32.5. The number of piperidine rings is 1. The van der Waals surface area contributed by atoms with Crippen molar-refractivity contribution in [2.24, 2.45) is 11.8 Å². The van der Waals surface area contributed by atoms with Crippen LogP contribution in [0.25, 0.3) is 0 Å². The maximum Gasteiger partial charge on any atom is 0.407 e. The quantitative estimate of drug-likeness (QED) is 0.0713. The van der Waals surface area contributed by atoms with Gasteiger partial charge < -0.3 is 62.1 Å². The molecule has 3 amide bonds. The van der Waals surface area contributed by atoms with E-state index in [2.05, 4.69) is 22.2 Å². The van der Waals surface area contributed by atoms with E-state index in [0.717, 1.165) is 36.8 Å². The van der Waals surface area contributed by atoms with E-state index in [0.29, 0.717) is 45.4 Å². The molecule has 0 saturated carbocycles. The summed E-state index contributed by atoms with van der Waals surface area (Å²) >= 11 is 5.97. The van der Waals surface area contributed by atoms with Crippen molar-refractivity contribution in [2.75, 3.05) is 70.4 Å². The summed E-state index contributed by atoms with van der Waals surface area (Å²) in [5.41, 5.74) is 13.4. The third-order valence-corrected chi connectivity index (χ3v) is 10.7. The lowest BCUT2D eigenvalue weighted by Crippen LogP contribution is -2.50. The maximum absolute atomic E-state index is 13.3. The van der Waals surface area contributed by atoms with Gasteiger partial charge in [0.05, 0.1) is 12.7 Å². The highest BCUT2D eigenvalue weighted by Crippen LogP contribution is 2.22. The van der Waals surface area contributed by atoms with Crippen LogP contribution in [0.5, 0.6) is 0 Å². The minimum atomic E-state index is -1.73. The van der Waals surface area contributed by atoms with Crippen molar-refractivity contribution in [3.05, 3.63) is 46.2 Å². The molecule has 0 spiro atoms. The zero-order chi connectivity index (χ0) is 41.4. The van der Waals surface area contributed by atoms with E-state index >= 15 is 0 Å². The van der Waals surface area contributed by atoms with E-state index < -0.39 is 43.0 Å². The number of aromatic nitrogens is 2. The zero-order valence-corrected chi connectivity index (χ0v) is 33.2. The molecule has 0 aliphatic carbocycles. The lowest BCUT2D eigenvalue weighted by molar-refractivity contribution is -0.133. The van der Waals surface area contributed by atoms with Crippen LogP contribution in [0.3, 0.4) is 0 Å². The van der Waals surface area contributed by atoms with Crippen LogP contribution in [0.2, 0.25) is 5.15 Å². The van der Waals surface area contributed by atoms with Crippen molar-refractivity contribution in [3.8, 4) is 0 Å². The lowest BCUT2D eigenvalue weighted by Gasteiger charge is -2.36. The maximum atomic E-state index is 13.3. The highest BCUT2D eigenvalue weighted by Gasteiger charge is 2.32. The van der Waals surface area contributed by atoms with Crippen LogP contribution in [0, 0.1) is 18.8 Å². The third kappa shape index (κ3) is 14.6. The first-order chi connectivity index (χ1) is 26.6. The van der Waals surface area contributed by atoms with Crippen molar-refractivity contribution >= 4 is 41.1 Å². The fourth-order valence-electron chi connectivity index (χ4n) is 6.90. The molecule has 3 rings (SSSR count). The molecule has 0 unspecified atom stereocenters. The second-order valence-corrected chi connectivity index (χ2v) is 15.1. The normalized spacial score (nSPS) is 16.3. The first-order valence-corrected chi connectivity index (χ1v) is 19.7. The molecule has 0 radical (unpaired) electrons. The number of nitrogens with zero attached hydrogens (tertiary/aromatic N) is 5. The molecule has 2 aromatic rings. The second kappa shape index (κ2) is 23.4. The van der Waals surface area contributed by atoms with Crippen molar-refractivity contribution in [1.29, 1.82) is 0 Å². The predicted molar refractivity (Wildman–Crippen MR) is 212 cm³/mol. The molecule has 56 heavy (non-hydrogen) atoms. The first kappa shape index (κ1) is 46.5. The first-order valence-electron chi connectivity index (χ1n) is 19.4. The Balaban J connectivity index is 1.59. The number of hydrogen-bond acceptors (Lipinski definition) is 13. The Morgan fingerprint density at radius 1 is 0.964 bits per heavy atom. The number of anilines is 2. The Hall–Kier alpha value is -3.84. The van der Waals surface area contributed by atoms with Gasteiger partial charge >= 0.3 is 6.09 Å². The van der Waals surface area contributed by atoms with Gasteiger partial charge in [0, 0.05) is 52.2 Å². The minimum Gasteiger partial charge on any atom is -0.465 e. The number of rotatable bonds is 23. The predicted octanol–water partition coefficient (Wildman–Crippen LogP) is 1.12. The van der Waals surface area contributed by atoms with Crippen LogP contribution in [-0.2, 0) is 11.2 Å². The number of halogens is 1. The Morgan fingerprint density at radius 3 is 2.29 bits per heavy atom. The van der Waals surface area contributed by atoms with Crippen LogP contribution in [0.4, 0.5) is 16.4 Å². The molecule has 18 heteroatoms. The monoisotopic (exact) mass is 808 g/mol. The van der Waals surface area contributed by atoms with Gasteiger partial charge in [-0.05, 0) is 62.1 Å². The topological polar surface area (TPSA) is 272 Å². The summed E-state index contributed by atoms with van der Waals surface area (Å²) in [4.78, 5) is 51.8. The summed E-state index contributed by atoms with van der Waals surface area (Å²) in [6.45, 7) is 5.55. The molecular formula is C38H61ClN8O9.